The molecule has 0 rings (SSSR count). The van der Waals surface area contributed by atoms with Crippen molar-refractivity contribution in [2.24, 2.45) is 0 Å². The topological polar surface area (TPSA) is 102 Å². The SMILES string of the molecule is COC(=O)CC[C@@H](NC(=O)COC(C)(C)C)C(=O)O. The number of carbonyl (C=O) groups is 3. The maximum Gasteiger partial charge on any atom is 0.326 e. The monoisotopic (exact) mass is 275 g/mol. The quantitative estimate of drug-likeness (QED) is 0.649. The van der Waals surface area contributed by atoms with Crippen LogP contribution in [0, 0.1) is 0 Å². The lowest BCUT2D eigenvalue weighted by molar-refractivity contribution is -0.145. The van der Waals surface area contributed by atoms with E-state index in [-0.39, 0.29) is 19.4 Å². The van der Waals surface area contributed by atoms with Crippen molar-refractivity contribution >= 4 is 17.8 Å². The second-order valence-corrected chi connectivity index (χ2v) is 4.97. The number of carboxylic acids is 1. The van der Waals surface area contributed by atoms with Gasteiger partial charge in [-0.3, -0.25) is 9.59 Å². The van der Waals surface area contributed by atoms with E-state index in [2.05, 4.69) is 10.1 Å². The fourth-order valence-corrected chi connectivity index (χ4v) is 1.14. The summed E-state index contributed by atoms with van der Waals surface area (Å²) in [5.74, 6) is -2.26. The summed E-state index contributed by atoms with van der Waals surface area (Å²) in [5, 5.41) is 11.2. The van der Waals surface area contributed by atoms with Crippen LogP contribution in [0.15, 0.2) is 0 Å². The first-order chi connectivity index (χ1) is 8.65. The Morgan fingerprint density at radius 1 is 1.26 bits per heavy atom. The van der Waals surface area contributed by atoms with E-state index >= 15 is 0 Å². The number of esters is 1. The molecule has 0 bridgehead atoms. The Bertz CT molecular complexity index is 334. The molecule has 0 aromatic carbocycles. The highest BCUT2D eigenvalue weighted by molar-refractivity contribution is 5.84. The summed E-state index contributed by atoms with van der Waals surface area (Å²) in [6.07, 6.45) is -0.100. The zero-order valence-corrected chi connectivity index (χ0v) is 11.7. The van der Waals surface area contributed by atoms with E-state index in [1.165, 1.54) is 7.11 Å². The van der Waals surface area contributed by atoms with E-state index in [4.69, 9.17) is 9.84 Å². The molecule has 0 aliphatic carbocycles. The molecule has 0 aromatic heterocycles. The van der Waals surface area contributed by atoms with E-state index in [1.807, 2.05) is 0 Å². The Balaban J connectivity index is 4.23. The van der Waals surface area contributed by atoms with Crippen molar-refractivity contribution in [1.29, 1.82) is 0 Å². The van der Waals surface area contributed by atoms with Crippen LogP contribution >= 0.6 is 0 Å². The summed E-state index contributed by atoms with van der Waals surface area (Å²) in [5.41, 5.74) is -0.484. The van der Waals surface area contributed by atoms with Gasteiger partial charge in [-0.05, 0) is 27.2 Å². The number of rotatable bonds is 7. The molecule has 2 N–H and O–H groups in total. The predicted molar refractivity (Wildman–Crippen MR) is 66.5 cm³/mol. The summed E-state index contributed by atoms with van der Waals surface area (Å²) >= 11 is 0. The normalized spacial score (nSPS) is 12.6. The first-order valence-electron chi connectivity index (χ1n) is 5.88. The molecule has 0 saturated heterocycles. The minimum absolute atomic E-state index is 0.0245. The molecule has 0 spiro atoms. The zero-order valence-electron chi connectivity index (χ0n) is 11.7. The maximum atomic E-state index is 11.5. The van der Waals surface area contributed by atoms with E-state index in [9.17, 15) is 14.4 Å². The lowest BCUT2D eigenvalue weighted by Gasteiger charge is -2.20. The molecule has 0 aliphatic rings. The molecule has 110 valence electrons. The standard InChI is InChI=1S/C12H21NO6/c1-12(2,3)19-7-9(14)13-8(11(16)17)5-6-10(15)18-4/h8H,5-7H2,1-4H3,(H,13,14)(H,16,17)/t8-/m1/s1. The van der Waals surface area contributed by atoms with Crippen molar-refractivity contribution in [2.75, 3.05) is 13.7 Å². The number of carbonyl (C=O) groups excluding carboxylic acids is 2. The van der Waals surface area contributed by atoms with Crippen molar-refractivity contribution in [3.8, 4) is 0 Å². The van der Waals surface area contributed by atoms with Gasteiger partial charge in [0.1, 0.15) is 12.6 Å². The highest BCUT2D eigenvalue weighted by Gasteiger charge is 2.22. The van der Waals surface area contributed by atoms with Crippen LogP contribution in [0.3, 0.4) is 0 Å². The number of ether oxygens (including phenoxy) is 2. The molecular weight excluding hydrogens is 254 g/mol. The Hall–Kier alpha value is -1.63. The average Bonchev–Trinajstić information content (AvgIpc) is 2.30. The maximum absolute atomic E-state index is 11.5. The van der Waals surface area contributed by atoms with Gasteiger partial charge in [0.25, 0.3) is 0 Å². The largest absolute Gasteiger partial charge is 0.480 e. The number of hydrogen-bond acceptors (Lipinski definition) is 5. The summed E-state index contributed by atoms with van der Waals surface area (Å²) in [4.78, 5) is 33.4. The van der Waals surface area contributed by atoms with Crippen molar-refractivity contribution in [2.45, 2.75) is 45.3 Å². The highest BCUT2D eigenvalue weighted by Crippen LogP contribution is 2.06. The molecule has 1 atom stereocenters. The summed E-state index contributed by atoms with van der Waals surface area (Å²) in [7, 11) is 1.22. The van der Waals surface area contributed by atoms with Gasteiger partial charge in [-0.2, -0.15) is 0 Å². The van der Waals surface area contributed by atoms with E-state index in [0.29, 0.717) is 0 Å². The smallest absolute Gasteiger partial charge is 0.326 e. The Morgan fingerprint density at radius 3 is 2.26 bits per heavy atom. The van der Waals surface area contributed by atoms with Crippen LogP contribution in [0.25, 0.3) is 0 Å². The number of carboxylic acid groups (broad SMARTS) is 1. The van der Waals surface area contributed by atoms with Gasteiger partial charge >= 0.3 is 11.9 Å². The minimum atomic E-state index is -1.20. The van der Waals surface area contributed by atoms with Crippen LogP contribution in [0.5, 0.6) is 0 Å². The first kappa shape index (κ1) is 17.4. The fraction of sp³-hybridized carbons (Fsp3) is 0.750. The van der Waals surface area contributed by atoms with Crippen LogP contribution in [0.1, 0.15) is 33.6 Å². The zero-order chi connectivity index (χ0) is 15.1. The first-order valence-corrected chi connectivity index (χ1v) is 5.88. The molecule has 0 saturated carbocycles. The summed E-state index contributed by atoms with van der Waals surface area (Å²) in [6, 6.07) is -1.13. The number of nitrogens with one attached hydrogen (secondary N) is 1. The third-order valence-electron chi connectivity index (χ3n) is 2.13. The van der Waals surface area contributed by atoms with Crippen molar-refractivity contribution < 1.29 is 29.0 Å². The van der Waals surface area contributed by atoms with Crippen molar-refractivity contribution in [3.63, 3.8) is 0 Å². The molecule has 0 heterocycles. The lowest BCUT2D eigenvalue weighted by atomic mass is 10.1. The van der Waals surface area contributed by atoms with Crippen LogP contribution in [-0.4, -0.2) is 48.3 Å². The third-order valence-corrected chi connectivity index (χ3v) is 2.13. The molecular formula is C12H21NO6. The van der Waals surface area contributed by atoms with Crippen LogP contribution in [-0.2, 0) is 23.9 Å². The summed E-state index contributed by atoms with van der Waals surface area (Å²) in [6.45, 7) is 5.12. The minimum Gasteiger partial charge on any atom is -0.480 e. The molecule has 19 heavy (non-hydrogen) atoms. The number of amides is 1. The Labute approximate surface area is 112 Å². The van der Waals surface area contributed by atoms with E-state index in [0.717, 1.165) is 0 Å². The van der Waals surface area contributed by atoms with Gasteiger partial charge < -0.3 is 19.9 Å². The van der Waals surface area contributed by atoms with Crippen LogP contribution in [0.2, 0.25) is 0 Å². The molecule has 7 heteroatoms. The lowest BCUT2D eigenvalue weighted by Crippen LogP contribution is -2.43. The third kappa shape index (κ3) is 9.01. The number of methoxy groups -OCH3 is 1. The van der Waals surface area contributed by atoms with Gasteiger partial charge in [0.05, 0.1) is 12.7 Å². The summed E-state index contributed by atoms with van der Waals surface area (Å²) < 4.78 is 9.63. The van der Waals surface area contributed by atoms with Crippen molar-refractivity contribution in [1.82, 2.24) is 5.32 Å². The molecule has 0 aromatic rings. The van der Waals surface area contributed by atoms with Gasteiger partial charge in [-0.25, -0.2) is 4.79 Å². The molecule has 0 unspecified atom stereocenters. The molecule has 1 amide bonds. The molecule has 0 aliphatic heterocycles. The number of aliphatic carboxylic acids is 1. The van der Waals surface area contributed by atoms with E-state index < -0.39 is 29.5 Å². The second-order valence-electron chi connectivity index (χ2n) is 4.97. The van der Waals surface area contributed by atoms with Gasteiger partial charge in [-0.1, -0.05) is 0 Å². The molecule has 7 nitrogen and oxygen atoms in total. The van der Waals surface area contributed by atoms with Gasteiger partial charge in [0, 0.05) is 6.42 Å². The van der Waals surface area contributed by atoms with Crippen LogP contribution in [0.4, 0.5) is 0 Å². The van der Waals surface area contributed by atoms with Crippen LogP contribution < -0.4 is 5.32 Å². The number of hydrogen-bond donors (Lipinski definition) is 2. The molecule has 0 radical (unpaired) electrons. The van der Waals surface area contributed by atoms with Gasteiger partial charge in [0.15, 0.2) is 0 Å². The highest BCUT2D eigenvalue weighted by atomic mass is 16.5. The Kier molecular flexibility index (Phi) is 7.06. The fourth-order valence-electron chi connectivity index (χ4n) is 1.14. The predicted octanol–water partition coefficient (Wildman–Crippen LogP) is 0.324. The van der Waals surface area contributed by atoms with Gasteiger partial charge in [-0.15, -0.1) is 0 Å². The van der Waals surface area contributed by atoms with Crippen molar-refractivity contribution in [3.05, 3.63) is 0 Å². The average molecular weight is 275 g/mol. The van der Waals surface area contributed by atoms with E-state index in [1.54, 1.807) is 20.8 Å². The molecule has 0 fully saturated rings. The Morgan fingerprint density at radius 2 is 1.84 bits per heavy atom. The second kappa shape index (κ2) is 7.73. The van der Waals surface area contributed by atoms with Gasteiger partial charge in [0.2, 0.25) is 5.91 Å².